The van der Waals surface area contributed by atoms with Crippen LogP contribution in [0.5, 0.6) is 0 Å². The Morgan fingerprint density at radius 1 is 1.31 bits per heavy atom. The predicted molar refractivity (Wildman–Crippen MR) is 67.4 cm³/mol. The third-order valence-electron chi connectivity index (χ3n) is 4.24. The molecule has 3 N–H and O–H groups in total. The van der Waals surface area contributed by atoms with E-state index in [2.05, 4.69) is 43.1 Å². The average Bonchev–Trinajstić information content (AvgIpc) is 2.62. The van der Waals surface area contributed by atoms with Crippen molar-refractivity contribution in [2.45, 2.75) is 19.8 Å². The monoisotopic (exact) mass is 214 g/mol. The number of rotatable bonds is 2. The topological polar surface area (TPSA) is 41.8 Å². The molecule has 1 aromatic carbocycles. The lowest BCUT2D eigenvalue weighted by Crippen LogP contribution is -2.05. The van der Waals surface area contributed by atoms with Crippen LogP contribution in [0.4, 0.5) is 0 Å². The highest BCUT2D eigenvalue weighted by molar-refractivity contribution is 5.80. The molecule has 84 valence electrons. The highest BCUT2D eigenvalue weighted by Gasteiger charge is 2.57. The molecule has 16 heavy (non-hydrogen) atoms. The van der Waals surface area contributed by atoms with Gasteiger partial charge in [0.2, 0.25) is 0 Å². The molecule has 0 saturated heterocycles. The van der Waals surface area contributed by atoms with Crippen LogP contribution in [-0.2, 0) is 0 Å². The molecule has 2 nitrogen and oxygen atoms in total. The summed E-state index contributed by atoms with van der Waals surface area (Å²) in [6.45, 7) is 5.43. The molecule has 1 aliphatic carbocycles. The second kappa shape index (κ2) is 3.11. The molecule has 1 aliphatic rings. The zero-order chi connectivity index (χ0) is 11.3. The van der Waals surface area contributed by atoms with Crippen molar-refractivity contribution in [3.8, 4) is 0 Å². The molecular weight excluding hydrogens is 196 g/mol. The van der Waals surface area contributed by atoms with E-state index >= 15 is 0 Å². The highest BCUT2D eigenvalue weighted by Crippen LogP contribution is 2.63. The van der Waals surface area contributed by atoms with Crippen LogP contribution in [0, 0.1) is 11.3 Å². The van der Waals surface area contributed by atoms with Crippen molar-refractivity contribution in [2.24, 2.45) is 17.1 Å². The van der Waals surface area contributed by atoms with Crippen LogP contribution < -0.4 is 5.73 Å². The summed E-state index contributed by atoms with van der Waals surface area (Å²) in [5.41, 5.74) is 8.85. The number of H-pyrrole nitrogens is 1. The Morgan fingerprint density at radius 3 is 2.81 bits per heavy atom. The summed E-state index contributed by atoms with van der Waals surface area (Å²) in [6, 6.07) is 8.84. The Labute approximate surface area is 95.8 Å². The first-order valence-electron chi connectivity index (χ1n) is 5.91. The Hall–Kier alpha value is -1.28. The fourth-order valence-electron chi connectivity index (χ4n) is 3.11. The normalized spacial score (nSPS) is 27.2. The van der Waals surface area contributed by atoms with Crippen LogP contribution >= 0.6 is 0 Å². The lowest BCUT2D eigenvalue weighted by molar-refractivity contribution is 0.558. The third kappa shape index (κ3) is 1.23. The zero-order valence-corrected chi connectivity index (χ0v) is 9.83. The Morgan fingerprint density at radius 2 is 2.12 bits per heavy atom. The van der Waals surface area contributed by atoms with Crippen LogP contribution in [0.3, 0.4) is 0 Å². The van der Waals surface area contributed by atoms with E-state index in [-0.39, 0.29) is 0 Å². The van der Waals surface area contributed by atoms with Crippen molar-refractivity contribution in [3.63, 3.8) is 0 Å². The maximum Gasteiger partial charge on any atom is 0.0454 e. The van der Waals surface area contributed by atoms with Gasteiger partial charge in [-0.1, -0.05) is 19.9 Å². The van der Waals surface area contributed by atoms with E-state index in [1.54, 1.807) is 0 Å². The molecule has 1 saturated carbocycles. The van der Waals surface area contributed by atoms with Crippen molar-refractivity contribution in [2.75, 3.05) is 6.54 Å². The van der Waals surface area contributed by atoms with Gasteiger partial charge in [-0.3, -0.25) is 0 Å². The number of hydrogen-bond donors (Lipinski definition) is 2. The van der Waals surface area contributed by atoms with Gasteiger partial charge in [0, 0.05) is 11.7 Å². The fraction of sp³-hybridized carbons (Fsp3) is 0.429. The minimum absolute atomic E-state index is 0.374. The molecule has 0 aliphatic heterocycles. The third-order valence-corrected chi connectivity index (χ3v) is 4.24. The Balaban J connectivity index is 2.01. The number of nitrogens with two attached hydrogens (primary N) is 1. The van der Waals surface area contributed by atoms with E-state index in [0.717, 1.165) is 6.54 Å². The van der Waals surface area contributed by atoms with Crippen molar-refractivity contribution >= 4 is 10.9 Å². The number of aromatic amines is 1. The van der Waals surface area contributed by atoms with Gasteiger partial charge in [-0.05, 0) is 52.9 Å². The zero-order valence-electron chi connectivity index (χ0n) is 9.83. The van der Waals surface area contributed by atoms with Crippen molar-refractivity contribution < 1.29 is 0 Å². The van der Waals surface area contributed by atoms with Crippen LogP contribution in [0.15, 0.2) is 30.5 Å². The van der Waals surface area contributed by atoms with Gasteiger partial charge in [0.05, 0.1) is 0 Å². The molecule has 0 bridgehead atoms. The number of nitrogens with one attached hydrogen (secondary N) is 1. The molecule has 0 amide bonds. The SMILES string of the molecule is CC1(C)[C@@H](CN)[C@@H]1c1ccc2[nH]ccc2c1. The van der Waals surface area contributed by atoms with E-state index < -0.39 is 0 Å². The smallest absolute Gasteiger partial charge is 0.0454 e. The summed E-state index contributed by atoms with van der Waals surface area (Å²) in [4.78, 5) is 3.23. The maximum absolute atomic E-state index is 5.82. The molecular formula is C14H18N2. The van der Waals surface area contributed by atoms with Crippen molar-refractivity contribution in [3.05, 3.63) is 36.0 Å². The predicted octanol–water partition coefficient (Wildman–Crippen LogP) is 2.87. The quantitative estimate of drug-likeness (QED) is 0.793. The molecule has 1 fully saturated rings. The molecule has 0 unspecified atom stereocenters. The summed E-state index contributed by atoms with van der Waals surface area (Å²) in [6.07, 6.45) is 1.99. The van der Waals surface area contributed by atoms with Gasteiger partial charge in [-0.15, -0.1) is 0 Å². The molecule has 3 rings (SSSR count). The van der Waals surface area contributed by atoms with Gasteiger partial charge in [0.25, 0.3) is 0 Å². The molecule has 2 atom stereocenters. The summed E-state index contributed by atoms with van der Waals surface area (Å²) in [5.74, 6) is 1.28. The van der Waals surface area contributed by atoms with Crippen molar-refractivity contribution in [1.82, 2.24) is 4.98 Å². The summed E-state index contributed by atoms with van der Waals surface area (Å²) in [5, 5.41) is 1.30. The van der Waals surface area contributed by atoms with Crippen LogP contribution in [0.1, 0.15) is 25.3 Å². The lowest BCUT2D eigenvalue weighted by atomic mass is 10.0. The summed E-state index contributed by atoms with van der Waals surface area (Å²) < 4.78 is 0. The minimum atomic E-state index is 0.374. The van der Waals surface area contributed by atoms with E-state index in [9.17, 15) is 0 Å². The lowest BCUT2D eigenvalue weighted by Gasteiger charge is -2.03. The van der Waals surface area contributed by atoms with Gasteiger partial charge in [0.15, 0.2) is 0 Å². The van der Waals surface area contributed by atoms with E-state index in [1.807, 2.05) is 6.20 Å². The van der Waals surface area contributed by atoms with Gasteiger partial charge < -0.3 is 10.7 Å². The number of aromatic nitrogens is 1. The highest BCUT2D eigenvalue weighted by atomic mass is 14.7. The standard InChI is InChI=1S/C14H18N2/c1-14(2)11(8-15)13(14)10-3-4-12-9(7-10)5-6-16-12/h3-7,11,13,16H,8,15H2,1-2H3/t11-,13-/m0/s1. The average molecular weight is 214 g/mol. The molecule has 0 spiro atoms. The maximum atomic E-state index is 5.82. The van der Waals surface area contributed by atoms with Crippen molar-refractivity contribution in [1.29, 1.82) is 0 Å². The van der Waals surface area contributed by atoms with Crippen LogP contribution in [0.25, 0.3) is 10.9 Å². The second-order valence-electron chi connectivity index (χ2n) is 5.47. The summed E-state index contributed by atoms with van der Waals surface area (Å²) in [7, 11) is 0. The van der Waals surface area contributed by atoms with Gasteiger partial charge in [0.1, 0.15) is 0 Å². The van der Waals surface area contributed by atoms with E-state index in [0.29, 0.717) is 17.3 Å². The van der Waals surface area contributed by atoms with E-state index in [4.69, 9.17) is 5.73 Å². The molecule has 2 aromatic rings. The molecule has 2 heteroatoms. The molecule has 1 aromatic heterocycles. The van der Waals surface area contributed by atoms with Gasteiger partial charge >= 0.3 is 0 Å². The molecule has 0 radical (unpaired) electrons. The number of fused-ring (bicyclic) bond motifs is 1. The largest absolute Gasteiger partial charge is 0.361 e. The Bertz CT molecular complexity index is 524. The Kier molecular flexibility index (Phi) is 1.93. The fourth-order valence-corrected chi connectivity index (χ4v) is 3.11. The first kappa shape index (κ1) is 9.91. The number of benzene rings is 1. The first-order valence-corrected chi connectivity index (χ1v) is 5.91. The second-order valence-corrected chi connectivity index (χ2v) is 5.47. The van der Waals surface area contributed by atoms with Gasteiger partial charge in [-0.2, -0.15) is 0 Å². The summed E-state index contributed by atoms with van der Waals surface area (Å²) >= 11 is 0. The van der Waals surface area contributed by atoms with E-state index in [1.165, 1.54) is 16.5 Å². The first-order chi connectivity index (χ1) is 7.64. The van der Waals surface area contributed by atoms with Crippen LogP contribution in [0.2, 0.25) is 0 Å². The minimum Gasteiger partial charge on any atom is -0.361 e. The molecule has 1 heterocycles. The van der Waals surface area contributed by atoms with Crippen LogP contribution in [-0.4, -0.2) is 11.5 Å². The number of hydrogen-bond acceptors (Lipinski definition) is 1. The van der Waals surface area contributed by atoms with Gasteiger partial charge in [-0.25, -0.2) is 0 Å².